The topological polar surface area (TPSA) is 57.4 Å². The molecule has 2 N–H and O–H groups in total. The first kappa shape index (κ1) is 14.4. The lowest BCUT2D eigenvalue weighted by Gasteiger charge is -2.36. The number of rotatable bonds is 4. The first-order chi connectivity index (χ1) is 10.2. The van der Waals surface area contributed by atoms with Gasteiger partial charge in [-0.05, 0) is 37.5 Å². The molecule has 0 spiro atoms. The van der Waals surface area contributed by atoms with Crippen LogP contribution in [0.15, 0.2) is 30.3 Å². The van der Waals surface area contributed by atoms with E-state index in [2.05, 4.69) is 17.1 Å². The number of nitrogens with two attached hydrogens (primary N) is 1. The van der Waals surface area contributed by atoms with Gasteiger partial charge in [-0.2, -0.15) is 0 Å². The normalized spacial score (nSPS) is 22.6. The molecule has 1 atom stereocenters. The number of nitrogens with zero attached hydrogens (tertiary/aromatic N) is 1. The second-order valence-corrected chi connectivity index (χ2v) is 5.77. The summed E-state index contributed by atoms with van der Waals surface area (Å²) < 4.78 is 11.7. The molecular formula is C17H22N2O2. The minimum atomic E-state index is -0.337. The van der Waals surface area contributed by atoms with Crippen LogP contribution in [0.5, 0.6) is 0 Å². The molecule has 4 nitrogen and oxygen atoms in total. The first-order valence-corrected chi connectivity index (χ1v) is 7.49. The van der Waals surface area contributed by atoms with Crippen molar-refractivity contribution >= 4 is 10.9 Å². The molecule has 0 aliphatic carbocycles. The predicted molar refractivity (Wildman–Crippen MR) is 83.1 cm³/mol. The van der Waals surface area contributed by atoms with Crippen LogP contribution in [0.25, 0.3) is 10.9 Å². The predicted octanol–water partition coefficient (Wildman–Crippen LogP) is 2.57. The molecule has 4 heteroatoms. The molecule has 3 rings (SSSR count). The third-order valence-electron chi connectivity index (χ3n) is 4.12. The lowest BCUT2D eigenvalue weighted by molar-refractivity contribution is -0.129. The average Bonchev–Trinajstić information content (AvgIpc) is 2.53. The SMILES string of the molecule is Cc1cc(COC2(CN)CCCOC2)c2ccccc2n1. The summed E-state index contributed by atoms with van der Waals surface area (Å²) in [5, 5.41) is 1.15. The summed E-state index contributed by atoms with van der Waals surface area (Å²) in [5.74, 6) is 0. The number of para-hydroxylation sites is 1. The van der Waals surface area contributed by atoms with Gasteiger partial charge in [0.2, 0.25) is 0 Å². The number of benzene rings is 1. The smallest absolute Gasteiger partial charge is 0.104 e. The molecule has 1 fully saturated rings. The van der Waals surface area contributed by atoms with E-state index in [1.807, 2.05) is 25.1 Å². The maximum atomic E-state index is 6.19. The molecule has 0 bridgehead atoms. The molecule has 1 unspecified atom stereocenters. The van der Waals surface area contributed by atoms with Crippen LogP contribution >= 0.6 is 0 Å². The lowest BCUT2D eigenvalue weighted by atomic mass is 9.96. The van der Waals surface area contributed by atoms with Gasteiger partial charge in [0.05, 0.1) is 18.7 Å². The van der Waals surface area contributed by atoms with Crippen LogP contribution in [-0.2, 0) is 16.1 Å². The first-order valence-electron chi connectivity index (χ1n) is 7.49. The number of aryl methyl sites for hydroxylation is 1. The van der Waals surface area contributed by atoms with Crippen LogP contribution in [0.2, 0.25) is 0 Å². The van der Waals surface area contributed by atoms with Crippen LogP contribution in [0.4, 0.5) is 0 Å². The largest absolute Gasteiger partial charge is 0.378 e. The molecule has 2 heterocycles. The minimum Gasteiger partial charge on any atom is -0.378 e. The molecule has 1 aliphatic rings. The molecule has 21 heavy (non-hydrogen) atoms. The van der Waals surface area contributed by atoms with Gasteiger partial charge in [-0.15, -0.1) is 0 Å². The van der Waals surface area contributed by atoms with E-state index in [-0.39, 0.29) is 5.60 Å². The van der Waals surface area contributed by atoms with Gasteiger partial charge < -0.3 is 15.2 Å². The zero-order valence-corrected chi connectivity index (χ0v) is 12.5. The number of hydrogen-bond donors (Lipinski definition) is 1. The highest BCUT2D eigenvalue weighted by Crippen LogP contribution is 2.26. The van der Waals surface area contributed by atoms with E-state index in [9.17, 15) is 0 Å². The van der Waals surface area contributed by atoms with Gasteiger partial charge in [0.15, 0.2) is 0 Å². The van der Waals surface area contributed by atoms with Crippen LogP contribution in [-0.4, -0.2) is 30.3 Å². The van der Waals surface area contributed by atoms with Crippen molar-refractivity contribution in [3.8, 4) is 0 Å². The summed E-state index contributed by atoms with van der Waals surface area (Å²) in [5.41, 5.74) is 8.77. The van der Waals surface area contributed by atoms with Crippen molar-refractivity contribution in [1.82, 2.24) is 4.98 Å². The van der Waals surface area contributed by atoms with E-state index >= 15 is 0 Å². The molecule has 1 aliphatic heterocycles. The van der Waals surface area contributed by atoms with E-state index in [1.54, 1.807) is 0 Å². The Morgan fingerprint density at radius 3 is 3.00 bits per heavy atom. The molecule has 0 radical (unpaired) electrons. The lowest BCUT2D eigenvalue weighted by Crippen LogP contribution is -2.47. The summed E-state index contributed by atoms with van der Waals surface area (Å²) in [7, 11) is 0. The van der Waals surface area contributed by atoms with Gasteiger partial charge in [-0.1, -0.05) is 18.2 Å². The monoisotopic (exact) mass is 286 g/mol. The number of hydrogen-bond acceptors (Lipinski definition) is 4. The standard InChI is InChI=1S/C17H22N2O2/c1-13-9-14(15-5-2-3-6-16(15)19-13)10-21-17(11-18)7-4-8-20-12-17/h2-3,5-6,9H,4,7-8,10-12,18H2,1H3. The minimum absolute atomic E-state index is 0.337. The van der Waals surface area contributed by atoms with Crippen LogP contribution < -0.4 is 5.73 Å². The van der Waals surface area contributed by atoms with Crippen molar-refractivity contribution in [2.24, 2.45) is 5.73 Å². The highest BCUT2D eigenvalue weighted by molar-refractivity contribution is 5.82. The van der Waals surface area contributed by atoms with Crippen LogP contribution in [0, 0.1) is 6.92 Å². The number of aromatic nitrogens is 1. The van der Waals surface area contributed by atoms with Gasteiger partial charge in [0.25, 0.3) is 0 Å². The van der Waals surface area contributed by atoms with Gasteiger partial charge in [-0.25, -0.2) is 0 Å². The Labute approximate surface area is 125 Å². The maximum Gasteiger partial charge on any atom is 0.104 e. The van der Waals surface area contributed by atoms with Crippen LogP contribution in [0.3, 0.4) is 0 Å². The van der Waals surface area contributed by atoms with E-state index in [4.69, 9.17) is 15.2 Å². The summed E-state index contributed by atoms with van der Waals surface area (Å²) in [6.45, 7) is 4.45. The summed E-state index contributed by atoms with van der Waals surface area (Å²) >= 11 is 0. The molecular weight excluding hydrogens is 264 g/mol. The molecule has 2 aromatic rings. The van der Waals surface area contributed by atoms with E-state index in [0.717, 1.165) is 41.6 Å². The number of ether oxygens (including phenoxy) is 2. The van der Waals surface area contributed by atoms with Crippen LogP contribution in [0.1, 0.15) is 24.1 Å². The second-order valence-electron chi connectivity index (χ2n) is 5.77. The van der Waals surface area contributed by atoms with Crippen molar-refractivity contribution in [1.29, 1.82) is 0 Å². The summed E-state index contributed by atoms with van der Waals surface area (Å²) in [4.78, 5) is 4.56. The van der Waals surface area contributed by atoms with Crippen molar-refractivity contribution in [2.75, 3.05) is 19.8 Å². The highest BCUT2D eigenvalue weighted by Gasteiger charge is 2.32. The van der Waals surface area contributed by atoms with Crippen molar-refractivity contribution < 1.29 is 9.47 Å². The summed E-state index contributed by atoms with van der Waals surface area (Å²) in [6, 6.07) is 10.3. The van der Waals surface area contributed by atoms with Gasteiger partial charge in [0, 0.05) is 24.2 Å². The van der Waals surface area contributed by atoms with Crippen molar-refractivity contribution in [3.05, 3.63) is 41.6 Å². The Bertz CT molecular complexity index is 621. The third-order valence-corrected chi connectivity index (χ3v) is 4.12. The van der Waals surface area contributed by atoms with E-state index < -0.39 is 0 Å². The molecule has 0 saturated carbocycles. The zero-order valence-electron chi connectivity index (χ0n) is 12.5. The number of pyridine rings is 1. The van der Waals surface area contributed by atoms with Crippen molar-refractivity contribution in [2.45, 2.75) is 32.0 Å². The van der Waals surface area contributed by atoms with E-state index in [0.29, 0.717) is 19.8 Å². The summed E-state index contributed by atoms with van der Waals surface area (Å²) in [6.07, 6.45) is 1.97. The maximum absolute atomic E-state index is 6.19. The quantitative estimate of drug-likeness (QED) is 0.938. The zero-order chi connectivity index (χ0) is 14.7. The number of fused-ring (bicyclic) bond motifs is 1. The molecule has 0 amide bonds. The fourth-order valence-corrected chi connectivity index (χ4v) is 2.91. The second kappa shape index (κ2) is 6.10. The Morgan fingerprint density at radius 1 is 1.38 bits per heavy atom. The molecule has 1 saturated heterocycles. The third kappa shape index (κ3) is 3.07. The van der Waals surface area contributed by atoms with Gasteiger partial charge >= 0.3 is 0 Å². The highest BCUT2D eigenvalue weighted by atomic mass is 16.5. The fraction of sp³-hybridized carbons (Fsp3) is 0.471. The Morgan fingerprint density at radius 2 is 2.24 bits per heavy atom. The Balaban J connectivity index is 1.84. The fourth-order valence-electron chi connectivity index (χ4n) is 2.91. The molecule has 1 aromatic carbocycles. The Kier molecular flexibility index (Phi) is 4.19. The van der Waals surface area contributed by atoms with Gasteiger partial charge in [-0.3, -0.25) is 4.98 Å². The molecule has 1 aromatic heterocycles. The Hall–Kier alpha value is -1.49. The van der Waals surface area contributed by atoms with Gasteiger partial charge in [0.1, 0.15) is 5.60 Å². The van der Waals surface area contributed by atoms with Crippen molar-refractivity contribution in [3.63, 3.8) is 0 Å². The average molecular weight is 286 g/mol. The molecule has 112 valence electrons. The van der Waals surface area contributed by atoms with E-state index in [1.165, 1.54) is 0 Å².